The van der Waals surface area contributed by atoms with Crippen LogP contribution in [0.2, 0.25) is 0 Å². The van der Waals surface area contributed by atoms with Crippen LogP contribution in [0, 0.1) is 17.2 Å². The third-order valence-corrected chi connectivity index (χ3v) is 4.10. The van der Waals surface area contributed by atoms with Crippen LogP contribution in [-0.2, 0) is 6.54 Å². The molecule has 1 heterocycles. The lowest BCUT2D eigenvalue weighted by Gasteiger charge is -2.14. The van der Waals surface area contributed by atoms with E-state index in [0.717, 1.165) is 22.8 Å². The van der Waals surface area contributed by atoms with Crippen LogP contribution < -0.4 is 5.56 Å². The molecular weight excluding hydrogens is 282 g/mol. The zero-order valence-electron chi connectivity index (χ0n) is 12.4. The molecule has 0 fully saturated rings. The fraction of sp³-hybridized carbons (Fsp3) is 0.438. The van der Waals surface area contributed by atoms with E-state index in [4.69, 9.17) is 5.26 Å². The van der Waals surface area contributed by atoms with E-state index in [1.54, 1.807) is 16.3 Å². The van der Waals surface area contributed by atoms with Gasteiger partial charge in [-0.3, -0.25) is 9.36 Å². The normalized spacial score (nSPS) is 11.0. The Labute approximate surface area is 128 Å². The van der Waals surface area contributed by atoms with Crippen molar-refractivity contribution >= 4 is 22.7 Å². The Kier molecular flexibility index (Phi) is 5.40. The van der Waals surface area contributed by atoms with Gasteiger partial charge in [0.05, 0.1) is 17.0 Å². The zero-order chi connectivity index (χ0) is 15.2. The molecule has 0 saturated heterocycles. The summed E-state index contributed by atoms with van der Waals surface area (Å²) in [6.45, 7) is 4.84. The highest BCUT2D eigenvalue weighted by molar-refractivity contribution is 7.99. The molecule has 0 aliphatic carbocycles. The first-order valence-electron chi connectivity index (χ1n) is 7.13. The smallest absolute Gasteiger partial charge is 0.262 e. The number of aromatic nitrogens is 2. The van der Waals surface area contributed by atoms with E-state index in [-0.39, 0.29) is 5.56 Å². The third-order valence-electron chi connectivity index (χ3n) is 3.04. The highest BCUT2D eigenvalue weighted by atomic mass is 32.2. The Bertz CT molecular complexity index is 716. The molecule has 2 aromatic rings. The number of rotatable bonds is 6. The van der Waals surface area contributed by atoms with Crippen molar-refractivity contribution in [1.29, 1.82) is 5.26 Å². The van der Waals surface area contributed by atoms with Crippen LogP contribution >= 0.6 is 11.8 Å². The number of nitrogens with zero attached hydrogens (tertiary/aromatic N) is 3. The minimum absolute atomic E-state index is 0.0251. The van der Waals surface area contributed by atoms with Gasteiger partial charge >= 0.3 is 0 Å². The minimum atomic E-state index is 0.0251. The number of para-hydroxylation sites is 1. The lowest BCUT2D eigenvalue weighted by molar-refractivity contribution is 0.475. The second-order valence-corrected chi connectivity index (χ2v) is 6.39. The van der Waals surface area contributed by atoms with E-state index < -0.39 is 0 Å². The lowest BCUT2D eigenvalue weighted by atomic mass is 10.2. The first-order valence-corrected chi connectivity index (χ1v) is 8.11. The van der Waals surface area contributed by atoms with Crippen LogP contribution in [0.1, 0.15) is 26.7 Å². The van der Waals surface area contributed by atoms with Gasteiger partial charge in [0.15, 0.2) is 5.16 Å². The van der Waals surface area contributed by atoms with Crippen molar-refractivity contribution in [3.05, 3.63) is 34.6 Å². The van der Waals surface area contributed by atoms with Gasteiger partial charge in [-0.1, -0.05) is 37.7 Å². The third kappa shape index (κ3) is 3.85. The predicted octanol–water partition coefficient (Wildman–Crippen LogP) is 3.45. The standard InChI is InChI=1S/C16H19N3OS/c1-12(2)11-19-15(20)13-7-3-4-8-14(13)18-16(19)21-10-6-5-9-17/h3-4,7-8,12H,5-6,10-11H2,1-2H3. The monoisotopic (exact) mass is 301 g/mol. The molecule has 0 atom stereocenters. The number of nitriles is 1. The second-order valence-electron chi connectivity index (χ2n) is 5.33. The van der Waals surface area contributed by atoms with E-state index in [1.807, 2.05) is 24.3 Å². The molecule has 1 aromatic carbocycles. The van der Waals surface area contributed by atoms with Crippen LogP contribution in [0.5, 0.6) is 0 Å². The Hall–Kier alpha value is -1.80. The topological polar surface area (TPSA) is 58.7 Å². The molecular formula is C16H19N3OS. The number of thioether (sulfide) groups is 1. The van der Waals surface area contributed by atoms with Gasteiger partial charge in [-0.2, -0.15) is 5.26 Å². The van der Waals surface area contributed by atoms with Crippen LogP contribution in [0.3, 0.4) is 0 Å². The molecule has 0 bridgehead atoms. The summed E-state index contributed by atoms with van der Waals surface area (Å²) in [6, 6.07) is 9.60. The highest BCUT2D eigenvalue weighted by Gasteiger charge is 2.12. The van der Waals surface area contributed by atoms with Crippen LogP contribution in [0.4, 0.5) is 0 Å². The van der Waals surface area contributed by atoms with Crippen LogP contribution in [0.15, 0.2) is 34.2 Å². The van der Waals surface area contributed by atoms with Crippen molar-refractivity contribution < 1.29 is 0 Å². The maximum atomic E-state index is 12.6. The molecule has 0 unspecified atom stereocenters. The number of fused-ring (bicyclic) bond motifs is 1. The molecule has 0 spiro atoms. The van der Waals surface area contributed by atoms with Gasteiger partial charge in [-0.05, 0) is 24.5 Å². The largest absolute Gasteiger partial charge is 0.287 e. The zero-order valence-corrected chi connectivity index (χ0v) is 13.2. The van der Waals surface area contributed by atoms with E-state index in [2.05, 4.69) is 24.9 Å². The van der Waals surface area contributed by atoms with E-state index in [1.165, 1.54) is 0 Å². The molecule has 0 aliphatic rings. The molecule has 2 rings (SSSR count). The first-order chi connectivity index (χ1) is 10.1. The van der Waals surface area contributed by atoms with Crippen molar-refractivity contribution in [3.63, 3.8) is 0 Å². The molecule has 110 valence electrons. The van der Waals surface area contributed by atoms with Gasteiger partial charge in [-0.15, -0.1) is 0 Å². The van der Waals surface area contributed by atoms with E-state index >= 15 is 0 Å². The summed E-state index contributed by atoms with van der Waals surface area (Å²) in [5.74, 6) is 1.18. The number of hydrogen-bond donors (Lipinski definition) is 0. The molecule has 0 N–H and O–H groups in total. The lowest BCUT2D eigenvalue weighted by Crippen LogP contribution is -2.25. The molecule has 5 heteroatoms. The van der Waals surface area contributed by atoms with Crippen molar-refractivity contribution in [2.24, 2.45) is 5.92 Å². The Morgan fingerprint density at radius 3 is 2.86 bits per heavy atom. The SMILES string of the molecule is CC(C)Cn1c(SCCCC#N)nc2ccccc2c1=O. The van der Waals surface area contributed by atoms with E-state index in [9.17, 15) is 4.79 Å². The van der Waals surface area contributed by atoms with Gasteiger partial charge in [0, 0.05) is 18.7 Å². The van der Waals surface area contributed by atoms with Crippen molar-refractivity contribution in [3.8, 4) is 6.07 Å². The number of hydrogen-bond acceptors (Lipinski definition) is 4. The van der Waals surface area contributed by atoms with Gasteiger partial charge in [0.1, 0.15) is 0 Å². The van der Waals surface area contributed by atoms with Gasteiger partial charge in [0.2, 0.25) is 0 Å². The summed E-state index contributed by atoms with van der Waals surface area (Å²) < 4.78 is 1.77. The fourth-order valence-electron chi connectivity index (χ4n) is 2.10. The predicted molar refractivity (Wildman–Crippen MR) is 86.4 cm³/mol. The average Bonchev–Trinajstić information content (AvgIpc) is 2.47. The summed E-state index contributed by atoms with van der Waals surface area (Å²) in [6.07, 6.45) is 1.35. The van der Waals surface area contributed by atoms with Crippen LogP contribution in [0.25, 0.3) is 10.9 Å². The summed E-state index contributed by atoms with van der Waals surface area (Å²) >= 11 is 1.56. The van der Waals surface area contributed by atoms with E-state index in [0.29, 0.717) is 24.3 Å². The second kappa shape index (κ2) is 7.28. The number of benzene rings is 1. The van der Waals surface area contributed by atoms with Gasteiger partial charge < -0.3 is 0 Å². The summed E-state index contributed by atoms with van der Waals surface area (Å²) in [7, 11) is 0. The fourth-order valence-corrected chi connectivity index (χ4v) is 3.05. The molecule has 21 heavy (non-hydrogen) atoms. The Morgan fingerprint density at radius 1 is 1.38 bits per heavy atom. The molecule has 0 radical (unpaired) electrons. The van der Waals surface area contributed by atoms with Crippen molar-refractivity contribution in [2.75, 3.05) is 5.75 Å². The maximum absolute atomic E-state index is 12.6. The highest BCUT2D eigenvalue weighted by Crippen LogP contribution is 2.19. The average molecular weight is 301 g/mol. The quantitative estimate of drug-likeness (QED) is 0.466. The molecule has 0 aliphatic heterocycles. The first kappa shape index (κ1) is 15.6. The molecule has 0 saturated carbocycles. The molecule has 4 nitrogen and oxygen atoms in total. The van der Waals surface area contributed by atoms with Gasteiger partial charge in [-0.25, -0.2) is 4.98 Å². The number of unbranched alkanes of at least 4 members (excludes halogenated alkanes) is 1. The van der Waals surface area contributed by atoms with Crippen molar-refractivity contribution in [2.45, 2.75) is 38.4 Å². The summed E-state index contributed by atoms with van der Waals surface area (Å²) in [5.41, 5.74) is 0.766. The minimum Gasteiger partial charge on any atom is -0.287 e. The van der Waals surface area contributed by atoms with Crippen LogP contribution in [-0.4, -0.2) is 15.3 Å². The Balaban J connectivity index is 2.40. The molecule has 1 aromatic heterocycles. The maximum Gasteiger partial charge on any atom is 0.262 e. The Morgan fingerprint density at radius 2 is 2.14 bits per heavy atom. The molecule has 0 amide bonds. The summed E-state index contributed by atoms with van der Waals surface area (Å²) in [5, 5.41) is 10.0. The van der Waals surface area contributed by atoms with Crippen molar-refractivity contribution in [1.82, 2.24) is 9.55 Å². The van der Waals surface area contributed by atoms with Gasteiger partial charge in [0.25, 0.3) is 5.56 Å². The summed E-state index contributed by atoms with van der Waals surface area (Å²) in [4.78, 5) is 17.3.